The maximum absolute atomic E-state index is 11.2. The Balaban J connectivity index is 3.00. The van der Waals surface area contributed by atoms with E-state index in [1.165, 1.54) is 0 Å². The monoisotopic (exact) mass is 235 g/mol. The summed E-state index contributed by atoms with van der Waals surface area (Å²) in [4.78, 5) is 11.2. The van der Waals surface area contributed by atoms with E-state index in [0.29, 0.717) is 11.5 Å². The summed E-state index contributed by atoms with van der Waals surface area (Å²) in [7, 11) is 0. The van der Waals surface area contributed by atoms with E-state index in [0.717, 1.165) is 17.7 Å². The minimum Gasteiger partial charge on any atom is -0.478 e. The Bertz CT molecular complexity index is 401. The SMILES string of the molecule is CCC(C)C(C)Nc1c(C)cccc1C(=O)O. The van der Waals surface area contributed by atoms with Crippen LogP contribution in [0.4, 0.5) is 5.69 Å². The van der Waals surface area contributed by atoms with Gasteiger partial charge in [0.05, 0.1) is 11.3 Å². The third-order valence-corrected chi connectivity index (χ3v) is 3.37. The maximum atomic E-state index is 11.2. The summed E-state index contributed by atoms with van der Waals surface area (Å²) in [5.41, 5.74) is 2.06. The number of anilines is 1. The summed E-state index contributed by atoms with van der Waals surface area (Å²) in [5.74, 6) is -0.371. The second-order valence-corrected chi connectivity index (χ2v) is 4.62. The van der Waals surface area contributed by atoms with Crippen LogP contribution in [0.1, 0.15) is 43.1 Å². The minimum atomic E-state index is -0.882. The molecule has 2 atom stereocenters. The summed E-state index contributed by atoms with van der Waals surface area (Å²) in [6, 6.07) is 5.61. The molecule has 3 nitrogen and oxygen atoms in total. The van der Waals surface area contributed by atoms with Gasteiger partial charge >= 0.3 is 5.97 Å². The Labute approximate surface area is 103 Å². The first-order valence-corrected chi connectivity index (χ1v) is 6.06. The van der Waals surface area contributed by atoms with Gasteiger partial charge in [0.1, 0.15) is 0 Å². The molecule has 0 aliphatic rings. The van der Waals surface area contributed by atoms with Gasteiger partial charge in [0.25, 0.3) is 0 Å². The molecule has 2 unspecified atom stereocenters. The lowest BCUT2D eigenvalue weighted by atomic mass is 9.99. The van der Waals surface area contributed by atoms with Crippen molar-refractivity contribution < 1.29 is 9.90 Å². The van der Waals surface area contributed by atoms with Gasteiger partial charge in [-0.25, -0.2) is 4.79 Å². The largest absolute Gasteiger partial charge is 0.478 e. The van der Waals surface area contributed by atoms with Crippen LogP contribution >= 0.6 is 0 Å². The van der Waals surface area contributed by atoms with E-state index >= 15 is 0 Å². The second-order valence-electron chi connectivity index (χ2n) is 4.62. The average molecular weight is 235 g/mol. The summed E-state index contributed by atoms with van der Waals surface area (Å²) in [6.45, 7) is 8.32. The molecule has 0 amide bonds. The number of carboxylic acids is 1. The molecule has 0 saturated carbocycles. The highest BCUT2D eigenvalue weighted by molar-refractivity contribution is 5.95. The number of rotatable bonds is 5. The molecule has 0 fully saturated rings. The van der Waals surface area contributed by atoms with Gasteiger partial charge in [-0.2, -0.15) is 0 Å². The zero-order valence-corrected chi connectivity index (χ0v) is 10.9. The Morgan fingerprint density at radius 1 is 1.41 bits per heavy atom. The molecule has 0 aliphatic heterocycles. The van der Waals surface area contributed by atoms with E-state index in [1.807, 2.05) is 13.0 Å². The Morgan fingerprint density at radius 2 is 2.06 bits per heavy atom. The molecule has 0 saturated heterocycles. The fourth-order valence-corrected chi connectivity index (χ4v) is 1.76. The fraction of sp³-hybridized carbons (Fsp3) is 0.500. The van der Waals surface area contributed by atoms with Crippen LogP contribution in [0, 0.1) is 12.8 Å². The number of benzene rings is 1. The van der Waals surface area contributed by atoms with Crippen LogP contribution in [0.25, 0.3) is 0 Å². The van der Waals surface area contributed by atoms with E-state index in [4.69, 9.17) is 5.11 Å². The lowest BCUT2D eigenvalue weighted by Gasteiger charge is -2.23. The van der Waals surface area contributed by atoms with Crippen molar-refractivity contribution in [3.8, 4) is 0 Å². The highest BCUT2D eigenvalue weighted by atomic mass is 16.4. The number of hydrogen-bond donors (Lipinski definition) is 2. The molecule has 0 heterocycles. The third kappa shape index (κ3) is 3.22. The van der Waals surface area contributed by atoms with Crippen molar-refractivity contribution in [1.82, 2.24) is 0 Å². The van der Waals surface area contributed by atoms with Crippen molar-refractivity contribution in [2.75, 3.05) is 5.32 Å². The second kappa shape index (κ2) is 5.71. The zero-order valence-electron chi connectivity index (χ0n) is 10.9. The van der Waals surface area contributed by atoms with Gasteiger partial charge in [0, 0.05) is 6.04 Å². The first-order valence-electron chi connectivity index (χ1n) is 6.06. The van der Waals surface area contributed by atoms with Crippen LogP contribution in [-0.4, -0.2) is 17.1 Å². The first kappa shape index (κ1) is 13.6. The van der Waals surface area contributed by atoms with Crippen LogP contribution in [0.5, 0.6) is 0 Å². The molecule has 94 valence electrons. The fourth-order valence-electron chi connectivity index (χ4n) is 1.76. The third-order valence-electron chi connectivity index (χ3n) is 3.37. The van der Waals surface area contributed by atoms with Crippen molar-refractivity contribution in [2.45, 2.75) is 40.2 Å². The molecule has 0 aromatic heterocycles. The smallest absolute Gasteiger partial charge is 0.337 e. The lowest BCUT2D eigenvalue weighted by Crippen LogP contribution is -2.25. The van der Waals surface area contributed by atoms with E-state index in [1.54, 1.807) is 12.1 Å². The van der Waals surface area contributed by atoms with E-state index in [9.17, 15) is 4.79 Å². The standard InChI is InChI=1S/C14H21NO2/c1-5-9(2)11(4)15-13-10(3)7-6-8-12(13)14(16)17/h6-9,11,15H,5H2,1-4H3,(H,16,17). The van der Waals surface area contributed by atoms with E-state index in [2.05, 4.69) is 26.1 Å². The van der Waals surface area contributed by atoms with Gasteiger partial charge in [-0.15, -0.1) is 0 Å². The topological polar surface area (TPSA) is 49.3 Å². The molecule has 17 heavy (non-hydrogen) atoms. The molecular formula is C14H21NO2. The molecule has 0 radical (unpaired) electrons. The van der Waals surface area contributed by atoms with Crippen LogP contribution in [0.15, 0.2) is 18.2 Å². The van der Waals surface area contributed by atoms with Gasteiger partial charge in [-0.3, -0.25) is 0 Å². The molecular weight excluding hydrogens is 214 g/mol. The van der Waals surface area contributed by atoms with Gasteiger partial charge in [0.15, 0.2) is 0 Å². The van der Waals surface area contributed by atoms with Crippen LogP contribution in [0.2, 0.25) is 0 Å². The van der Waals surface area contributed by atoms with Gasteiger partial charge in [-0.1, -0.05) is 32.4 Å². The predicted molar refractivity (Wildman–Crippen MR) is 70.7 cm³/mol. The number of carbonyl (C=O) groups is 1. The van der Waals surface area contributed by atoms with Crippen LogP contribution < -0.4 is 5.32 Å². The highest BCUT2D eigenvalue weighted by Crippen LogP contribution is 2.23. The molecule has 3 heteroatoms. The molecule has 1 aromatic rings. The summed E-state index contributed by atoms with van der Waals surface area (Å²) >= 11 is 0. The van der Waals surface area contributed by atoms with Gasteiger partial charge in [0.2, 0.25) is 0 Å². The highest BCUT2D eigenvalue weighted by Gasteiger charge is 2.16. The van der Waals surface area contributed by atoms with Crippen molar-refractivity contribution in [3.63, 3.8) is 0 Å². The van der Waals surface area contributed by atoms with Gasteiger partial charge < -0.3 is 10.4 Å². The number of nitrogens with one attached hydrogen (secondary N) is 1. The summed E-state index contributed by atoms with van der Waals surface area (Å²) in [5, 5.41) is 12.5. The predicted octanol–water partition coefficient (Wildman–Crippen LogP) is 3.54. The average Bonchev–Trinajstić information content (AvgIpc) is 2.30. The van der Waals surface area contributed by atoms with E-state index < -0.39 is 5.97 Å². The quantitative estimate of drug-likeness (QED) is 0.820. The number of aryl methyl sites for hydroxylation is 1. The van der Waals surface area contributed by atoms with Crippen molar-refractivity contribution in [2.24, 2.45) is 5.92 Å². The maximum Gasteiger partial charge on any atom is 0.337 e. The lowest BCUT2D eigenvalue weighted by molar-refractivity contribution is 0.0698. The molecule has 1 rings (SSSR count). The van der Waals surface area contributed by atoms with Crippen LogP contribution in [-0.2, 0) is 0 Å². The van der Waals surface area contributed by atoms with E-state index in [-0.39, 0.29) is 6.04 Å². The molecule has 1 aromatic carbocycles. The van der Waals surface area contributed by atoms with Gasteiger partial charge in [-0.05, 0) is 31.4 Å². The molecule has 0 bridgehead atoms. The molecule has 0 spiro atoms. The number of aromatic carboxylic acids is 1. The Kier molecular flexibility index (Phi) is 4.55. The van der Waals surface area contributed by atoms with Crippen molar-refractivity contribution in [1.29, 1.82) is 0 Å². The first-order chi connectivity index (χ1) is 7.97. The van der Waals surface area contributed by atoms with Crippen LogP contribution in [0.3, 0.4) is 0 Å². The minimum absolute atomic E-state index is 0.263. The molecule has 0 aliphatic carbocycles. The number of hydrogen-bond acceptors (Lipinski definition) is 2. The Morgan fingerprint density at radius 3 is 2.59 bits per heavy atom. The zero-order chi connectivity index (χ0) is 13.0. The van der Waals surface area contributed by atoms with Crippen molar-refractivity contribution in [3.05, 3.63) is 29.3 Å². The van der Waals surface area contributed by atoms with Crippen molar-refractivity contribution >= 4 is 11.7 Å². The number of para-hydroxylation sites is 1. The Hall–Kier alpha value is -1.51. The number of carboxylic acid groups (broad SMARTS) is 1. The summed E-state index contributed by atoms with van der Waals surface area (Å²) in [6.07, 6.45) is 1.07. The molecule has 2 N–H and O–H groups in total. The summed E-state index contributed by atoms with van der Waals surface area (Å²) < 4.78 is 0. The normalized spacial score (nSPS) is 14.1.